The Labute approximate surface area is 654 Å². The number of aryl methyl sites for hydroxylation is 13. The molecule has 6 heterocycles. The number of rotatable bonds is 11. The maximum atomic E-state index is 4.85. The second kappa shape index (κ2) is 34.6. The Morgan fingerprint density at radius 3 is 1.20 bits per heavy atom. The number of para-hydroxylation sites is 4. The zero-order chi connectivity index (χ0) is 79.1. The number of nitrogens with zero attached hydrogens (tertiary/aromatic N) is 11. The van der Waals surface area contributed by atoms with Crippen LogP contribution in [0, 0.1) is 88.0 Å². The van der Waals surface area contributed by atoms with Crippen molar-refractivity contribution in [3.63, 3.8) is 0 Å². The van der Waals surface area contributed by atoms with Gasteiger partial charge < -0.3 is 0 Å². The zero-order valence-corrected chi connectivity index (χ0v) is 69.8. The minimum atomic E-state index is 0.472. The Morgan fingerprint density at radius 2 is 0.700 bits per heavy atom. The number of fused-ring (bicyclic) bond motifs is 5. The molecule has 0 atom stereocenters. The van der Waals surface area contributed by atoms with Gasteiger partial charge in [-0.3, -0.25) is 0 Å². The van der Waals surface area contributed by atoms with E-state index in [4.69, 9.17) is 15.0 Å². The molecule has 11 heteroatoms. The van der Waals surface area contributed by atoms with Gasteiger partial charge in [-0.05, 0) is 221 Å². The van der Waals surface area contributed by atoms with Gasteiger partial charge in [0.25, 0.3) is 0 Å². The first-order chi connectivity index (χ1) is 52.5. The molecule has 0 saturated carbocycles. The minimum absolute atomic E-state index is 0.472. The summed E-state index contributed by atoms with van der Waals surface area (Å²) in [6.45, 7) is 41.7. The van der Waals surface area contributed by atoms with Gasteiger partial charge in [0, 0.05) is 36.2 Å². The average molecular weight is 1460 g/mol. The highest BCUT2D eigenvalue weighted by atomic mass is 15.0. The Hall–Kier alpha value is -11.2. The topological polar surface area (TPSA) is 96.7 Å². The third-order valence-corrected chi connectivity index (χ3v) is 21.8. The smallest absolute Gasteiger partial charge is 0.244 e. The molecule has 6 aromatic heterocycles. The lowest BCUT2D eigenvalue weighted by Crippen LogP contribution is -2.34. The third kappa shape index (κ3) is 17.6. The quantitative estimate of drug-likeness (QED) is 0.120. The first kappa shape index (κ1) is 79.9. The molecule has 0 N–H and O–H groups in total. The highest BCUT2D eigenvalue weighted by molar-refractivity contribution is 5.80. The molecular formula is C99H114N11+5. The number of benzene rings is 9. The largest absolute Gasteiger partial charge is 0.349 e. The second-order valence-corrected chi connectivity index (χ2v) is 31.8. The molecule has 0 spiro atoms. The van der Waals surface area contributed by atoms with Crippen LogP contribution in [0.1, 0.15) is 151 Å². The maximum Gasteiger partial charge on any atom is 0.349 e. The first-order valence-corrected chi connectivity index (χ1v) is 39.1. The molecule has 560 valence electrons. The predicted molar refractivity (Wildman–Crippen MR) is 457 cm³/mol. The maximum absolute atomic E-state index is 4.85. The number of aromatic nitrogens is 11. The number of hydrogen-bond donors (Lipinski definition) is 0. The predicted octanol–water partition coefficient (Wildman–Crippen LogP) is 21.1. The van der Waals surface area contributed by atoms with Crippen molar-refractivity contribution >= 4 is 55.3 Å². The van der Waals surface area contributed by atoms with Crippen molar-refractivity contribution in [1.29, 1.82) is 0 Å². The summed E-state index contributed by atoms with van der Waals surface area (Å²) in [5.74, 6) is 2.23. The Bertz CT molecular complexity index is 5900. The SMILES string of the molecule is Cc1cc(C)c(C)c(-c2cnc3c(C(C)C)cccc3[n+]2C)c1.Cc1cc(C)c(C)c(-c2cnc3c(CC(C)C)cccc3[n+]2C)c1.Cc1cc(C)c(C)c(-c2cnc3ccccc3[n+]2C)c1.Cc1ccccc1-c1cnc2ccc(C(C)C)cc2[n+]1C.Cc1ccccc1-c1cnc2ccc(CC(C)C)nc2[n+]1C. The molecule has 110 heavy (non-hydrogen) atoms. The van der Waals surface area contributed by atoms with E-state index in [1.165, 1.54) is 134 Å². The molecule has 0 saturated heterocycles. The van der Waals surface area contributed by atoms with E-state index in [1.54, 1.807) is 0 Å². The molecule has 0 aliphatic heterocycles. The monoisotopic (exact) mass is 1460 g/mol. The van der Waals surface area contributed by atoms with Gasteiger partial charge in [0.05, 0.1) is 35.5 Å². The van der Waals surface area contributed by atoms with Crippen molar-refractivity contribution in [2.75, 3.05) is 0 Å². The van der Waals surface area contributed by atoms with Crippen LogP contribution < -0.4 is 22.8 Å². The second-order valence-electron chi connectivity index (χ2n) is 31.8. The van der Waals surface area contributed by atoms with Crippen LogP contribution in [-0.2, 0) is 48.1 Å². The van der Waals surface area contributed by atoms with Crippen LogP contribution in [0.4, 0.5) is 0 Å². The molecule has 15 rings (SSSR count). The molecule has 0 bridgehead atoms. The highest BCUT2D eigenvalue weighted by Crippen LogP contribution is 2.32. The molecule has 0 radical (unpaired) electrons. The van der Waals surface area contributed by atoms with Crippen LogP contribution in [0.3, 0.4) is 0 Å². The van der Waals surface area contributed by atoms with Gasteiger partial charge in [0.2, 0.25) is 44.8 Å². The molecule has 9 aromatic carbocycles. The Kier molecular flexibility index (Phi) is 25.1. The molecule has 11 nitrogen and oxygen atoms in total. The van der Waals surface area contributed by atoms with E-state index in [2.05, 4.69) is 368 Å². The summed E-state index contributed by atoms with van der Waals surface area (Å²) >= 11 is 0. The van der Waals surface area contributed by atoms with Gasteiger partial charge in [-0.2, -0.15) is 18.3 Å². The van der Waals surface area contributed by atoms with Crippen LogP contribution >= 0.6 is 0 Å². The van der Waals surface area contributed by atoms with Crippen molar-refractivity contribution in [2.24, 2.45) is 47.1 Å². The summed E-state index contributed by atoms with van der Waals surface area (Å²) in [5, 5.41) is 0. The number of pyridine rings is 1. The van der Waals surface area contributed by atoms with E-state index in [1.807, 2.05) is 43.1 Å². The Balaban J connectivity index is 0.000000137. The van der Waals surface area contributed by atoms with Gasteiger partial charge in [-0.25, -0.2) is 29.5 Å². The van der Waals surface area contributed by atoms with E-state index >= 15 is 0 Å². The van der Waals surface area contributed by atoms with E-state index in [9.17, 15) is 0 Å². The molecule has 0 unspecified atom stereocenters. The van der Waals surface area contributed by atoms with Crippen LogP contribution in [-0.4, -0.2) is 29.9 Å². The first-order valence-electron chi connectivity index (χ1n) is 39.1. The summed E-state index contributed by atoms with van der Waals surface area (Å²) in [6, 6.07) is 62.3. The fraction of sp³-hybridized carbons (Fsp3) is 0.303. The van der Waals surface area contributed by atoms with Crippen LogP contribution in [0.2, 0.25) is 0 Å². The lowest BCUT2D eigenvalue weighted by Gasteiger charge is -2.12. The van der Waals surface area contributed by atoms with E-state index in [0.29, 0.717) is 23.7 Å². The van der Waals surface area contributed by atoms with Crippen LogP contribution in [0.5, 0.6) is 0 Å². The molecule has 0 fully saturated rings. The van der Waals surface area contributed by atoms with Gasteiger partial charge in [0.15, 0.2) is 16.9 Å². The average Bonchev–Trinajstić information content (AvgIpc) is 0.803. The summed E-state index contributed by atoms with van der Waals surface area (Å²) in [5.41, 5.74) is 42.4. The Morgan fingerprint density at radius 1 is 0.300 bits per heavy atom. The third-order valence-electron chi connectivity index (χ3n) is 21.8. The van der Waals surface area contributed by atoms with Crippen molar-refractivity contribution in [1.82, 2.24) is 29.9 Å². The van der Waals surface area contributed by atoms with Crippen LogP contribution in [0.15, 0.2) is 207 Å². The summed E-state index contributed by atoms with van der Waals surface area (Å²) in [4.78, 5) is 28.3. The minimum Gasteiger partial charge on any atom is -0.244 e. The van der Waals surface area contributed by atoms with Crippen molar-refractivity contribution in [3.8, 4) is 56.3 Å². The van der Waals surface area contributed by atoms with Crippen molar-refractivity contribution in [2.45, 2.75) is 156 Å². The fourth-order valence-corrected chi connectivity index (χ4v) is 15.1. The summed E-state index contributed by atoms with van der Waals surface area (Å²) in [6.07, 6.45) is 12.0. The molecular weight excluding hydrogens is 1340 g/mol. The van der Waals surface area contributed by atoms with Crippen LogP contribution in [0.25, 0.3) is 112 Å². The molecule has 0 amide bonds. The lowest BCUT2D eigenvalue weighted by atomic mass is 9.97. The summed E-state index contributed by atoms with van der Waals surface area (Å²) < 4.78 is 11.2. The van der Waals surface area contributed by atoms with E-state index < -0.39 is 0 Å². The highest BCUT2D eigenvalue weighted by Gasteiger charge is 2.25. The van der Waals surface area contributed by atoms with Crippen molar-refractivity contribution in [3.05, 3.63) is 290 Å². The number of hydrogen-bond acceptors (Lipinski definition) is 6. The molecule has 0 aliphatic carbocycles. The molecule has 15 aromatic rings. The van der Waals surface area contributed by atoms with Crippen molar-refractivity contribution < 1.29 is 22.8 Å². The van der Waals surface area contributed by atoms with Gasteiger partial charge in [-0.15, -0.1) is 0 Å². The molecule has 0 aliphatic rings. The van der Waals surface area contributed by atoms with Gasteiger partial charge in [0.1, 0.15) is 75.0 Å². The fourth-order valence-electron chi connectivity index (χ4n) is 15.1. The van der Waals surface area contributed by atoms with Gasteiger partial charge >= 0.3 is 5.65 Å². The van der Waals surface area contributed by atoms with Gasteiger partial charge in [-0.1, -0.05) is 175 Å². The zero-order valence-electron chi connectivity index (χ0n) is 69.8. The normalized spacial score (nSPS) is 11.3. The van der Waals surface area contributed by atoms with E-state index in [0.717, 1.165) is 74.4 Å². The standard InChI is InChI=1S/C22H27N2.C21H25N2.C19H22N3.C19H21N2.C18H19N2/c1-14(2)10-18-8-7-9-20-22(18)23-13-21(24(20)6)19-12-15(3)11-16(4)17(19)5;1-13(2)17-8-7-9-19-21(17)22-12-20(23(19)6)18-11-14(3)10-15(4)16(18)5;1-13(2)11-15-9-10-17-19(21-15)22(4)18(12-20-17)16-8-6-5-7-14(16)3;1-13(2)15-9-10-17-18(11-15)21(4)19(12-20-17)16-8-6-5-7-14(16)3;1-12-9-13(2)14(3)15(10-12)18-11-19-16-7-5-6-8-17(16)20(18)4/h7-9,11-14H,10H2,1-6H3;7-13H,1-6H3;5-10,12-13H,11H2,1-4H3;5-13H,1-4H3;5-11H,1-4H3/q5*+1. The van der Waals surface area contributed by atoms with E-state index in [-0.39, 0.29) is 0 Å². The lowest BCUT2D eigenvalue weighted by molar-refractivity contribution is -0.636. The summed E-state index contributed by atoms with van der Waals surface area (Å²) in [7, 11) is 10.6.